The smallest absolute Gasteiger partial charge is 0.306 e. The van der Waals surface area contributed by atoms with Crippen LogP contribution in [0, 0.1) is 0 Å². The molecule has 3 aromatic carbocycles. The molecule has 0 aliphatic carbocycles. The lowest BCUT2D eigenvalue weighted by molar-refractivity contribution is -0.155. The Bertz CT molecular complexity index is 1230. The maximum atomic E-state index is 12.8. The largest absolute Gasteiger partial charge is 0.495 e. The van der Waals surface area contributed by atoms with Gasteiger partial charge >= 0.3 is 5.97 Å². The van der Waals surface area contributed by atoms with Crippen molar-refractivity contribution in [2.45, 2.75) is 44.3 Å². The normalized spacial score (nSPS) is 16.8. The highest BCUT2D eigenvalue weighted by molar-refractivity contribution is 9.10. The maximum absolute atomic E-state index is 12.8. The molecule has 2 atom stereocenters. The second-order valence-electron chi connectivity index (χ2n) is 9.44. The fraction of sp³-hybridized carbons (Fsp3) is 0.387. The van der Waals surface area contributed by atoms with Gasteiger partial charge in [-0.05, 0) is 58.5 Å². The van der Waals surface area contributed by atoms with Crippen molar-refractivity contribution >= 4 is 21.9 Å². The van der Waals surface area contributed by atoms with E-state index in [9.17, 15) is 4.79 Å². The molecule has 1 saturated heterocycles. The van der Waals surface area contributed by atoms with Gasteiger partial charge in [0, 0.05) is 31.8 Å². The highest BCUT2D eigenvalue weighted by Crippen LogP contribution is 2.49. The maximum Gasteiger partial charge on any atom is 0.306 e. The Morgan fingerprint density at radius 1 is 0.875 bits per heavy atom. The van der Waals surface area contributed by atoms with Crippen LogP contribution in [0.4, 0.5) is 0 Å². The number of ether oxygens (including phenoxy) is 7. The monoisotopic (exact) mass is 614 g/mol. The van der Waals surface area contributed by atoms with Crippen molar-refractivity contribution < 1.29 is 38.0 Å². The minimum Gasteiger partial charge on any atom is -0.495 e. The van der Waals surface area contributed by atoms with Crippen molar-refractivity contribution in [1.82, 2.24) is 0 Å². The summed E-state index contributed by atoms with van der Waals surface area (Å²) in [6, 6.07) is 19.9. The van der Waals surface area contributed by atoms with E-state index in [0.29, 0.717) is 41.2 Å². The molecule has 1 aliphatic rings. The lowest BCUT2D eigenvalue weighted by Gasteiger charge is -2.31. The van der Waals surface area contributed by atoms with Crippen molar-refractivity contribution in [3.05, 3.63) is 81.8 Å². The molecule has 9 heteroatoms. The summed E-state index contributed by atoms with van der Waals surface area (Å²) in [6.45, 7) is 0.578. The summed E-state index contributed by atoms with van der Waals surface area (Å²) in [5, 5.41) is 0. The predicted octanol–water partition coefficient (Wildman–Crippen LogP) is 6.42. The average Bonchev–Trinajstić information content (AvgIpc) is 2.98. The van der Waals surface area contributed by atoms with Crippen LogP contribution in [-0.4, -0.2) is 47.0 Å². The van der Waals surface area contributed by atoms with Crippen molar-refractivity contribution in [2.75, 3.05) is 34.9 Å². The molecule has 0 amide bonds. The average molecular weight is 616 g/mol. The van der Waals surface area contributed by atoms with Gasteiger partial charge in [0.25, 0.3) is 0 Å². The molecule has 0 N–H and O–H groups in total. The van der Waals surface area contributed by atoms with E-state index in [1.54, 1.807) is 27.4 Å². The molecule has 3 aromatic rings. The number of benzene rings is 3. The van der Waals surface area contributed by atoms with E-state index in [-0.39, 0.29) is 38.0 Å². The van der Waals surface area contributed by atoms with Crippen LogP contribution in [-0.2, 0) is 32.0 Å². The minimum absolute atomic E-state index is 0.0220. The Kier molecular flexibility index (Phi) is 11.1. The number of hydrogen-bond acceptors (Lipinski definition) is 8. The van der Waals surface area contributed by atoms with E-state index >= 15 is 0 Å². The number of aryl methyl sites for hydroxylation is 1. The molecule has 0 aromatic heterocycles. The summed E-state index contributed by atoms with van der Waals surface area (Å²) in [6.07, 6.45) is 2.01. The number of methoxy groups -OCH3 is 3. The number of esters is 1. The summed E-state index contributed by atoms with van der Waals surface area (Å²) in [5.41, 5.74) is 3.02. The third-order valence-corrected chi connectivity index (χ3v) is 7.41. The Balaban J connectivity index is 1.46. The first-order valence-corrected chi connectivity index (χ1v) is 13.9. The van der Waals surface area contributed by atoms with Crippen LogP contribution in [0.25, 0.3) is 0 Å². The van der Waals surface area contributed by atoms with Crippen LogP contribution >= 0.6 is 15.9 Å². The summed E-state index contributed by atoms with van der Waals surface area (Å²) in [7, 11) is 4.66. The highest BCUT2D eigenvalue weighted by Gasteiger charge is 2.35. The molecule has 214 valence electrons. The van der Waals surface area contributed by atoms with Crippen LogP contribution in [0.1, 0.15) is 41.9 Å². The number of cyclic esters (lactones) is 1. The van der Waals surface area contributed by atoms with Gasteiger partial charge in [0.15, 0.2) is 13.6 Å². The molecule has 1 aliphatic heterocycles. The third kappa shape index (κ3) is 7.90. The lowest BCUT2D eigenvalue weighted by Crippen LogP contribution is -2.29. The zero-order valence-electron chi connectivity index (χ0n) is 23.0. The van der Waals surface area contributed by atoms with E-state index in [0.717, 1.165) is 28.9 Å². The molecule has 0 unspecified atom stereocenters. The SMILES string of the molecule is COCOc1cc(OC)c(Br)c(OCOC)c1[C@H]1CC(=O)O[C@@H](CCc2ccc(OCc3ccccc3)cc2)C1. The van der Waals surface area contributed by atoms with Crippen LogP contribution < -0.4 is 18.9 Å². The number of halogens is 1. The van der Waals surface area contributed by atoms with Gasteiger partial charge in [-0.15, -0.1) is 0 Å². The van der Waals surface area contributed by atoms with Crippen molar-refractivity contribution in [1.29, 1.82) is 0 Å². The summed E-state index contributed by atoms with van der Waals surface area (Å²) < 4.78 is 40.0. The van der Waals surface area contributed by atoms with Gasteiger partial charge in [-0.25, -0.2) is 0 Å². The first kappa shape index (κ1) is 29.7. The van der Waals surface area contributed by atoms with Crippen LogP contribution in [0.15, 0.2) is 65.1 Å². The zero-order chi connectivity index (χ0) is 28.3. The van der Waals surface area contributed by atoms with Gasteiger partial charge in [-0.3, -0.25) is 4.79 Å². The molecule has 0 radical (unpaired) electrons. The molecule has 0 saturated carbocycles. The number of rotatable bonds is 14. The molecule has 0 spiro atoms. The highest BCUT2D eigenvalue weighted by atomic mass is 79.9. The Morgan fingerprint density at radius 3 is 2.30 bits per heavy atom. The Morgan fingerprint density at radius 2 is 1.60 bits per heavy atom. The van der Waals surface area contributed by atoms with E-state index in [4.69, 9.17) is 33.2 Å². The third-order valence-electron chi connectivity index (χ3n) is 6.65. The molecule has 40 heavy (non-hydrogen) atoms. The Labute approximate surface area is 243 Å². The zero-order valence-corrected chi connectivity index (χ0v) is 24.6. The van der Waals surface area contributed by atoms with Crippen LogP contribution in [0.5, 0.6) is 23.0 Å². The van der Waals surface area contributed by atoms with Gasteiger partial charge in [0.1, 0.15) is 40.2 Å². The summed E-state index contributed by atoms with van der Waals surface area (Å²) in [4.78, 5) is 12.8. The number of hydrogen-bond donors (Lipinski definition) is 0. The first-order chi connectivity index (χ1) is 19.5. The van der Waals surface area contributed by atoms with E-state index in [1.807, 2.05) is 42.5 Å². The summed E-state index contributed by atoms with van der Waals surface area (Å²) >= 11 is 3.59. The quantitative estimate of drug-likeness (QED) is 0.152. The van der Waals surface area contributed by atoms with Gasteiger partial charge in [0.2, 0.25) is 0 Å². The minimum atomic E-state index is -0.258. The molecule has 8 nitrogen and oxygen atoms in total. The first-order valence-electron chi connectivity index (χ1n) is 13.1. The molecular weight excluding hydrogens is 580 g/mol. The number of carbonyl (C=O) groups excluding carboxylic acids is 1. The predicted molar refractivity (Wildman–Crippen MR) is 153 cm³/mol. The lowest BCUT2D eigenvalue weighted by atomic mass is 9.85. The molecule has 1 fully saturated rings. The van der Waals surface area contributed by atoms with Crippen molar-refractivity contribution in [3.8, 4) is 23.0 Å². The fourth-order valence-corrected chi connectivity index (χ4v) is 5.34. The Hall–Kier alpha value is -3.27. The van der Waals surface area contributed by atoms with E-state index in [2.05, 4.69) is 28.1 Å². The fourth-order valence-electron chi connectivity index (χ4n) is 4.74. The molecule has 4 rings (SSSR count). The van der Waals surface area contributed by atoms with E-state index < -0.39 is 0 Å². The van der Waals surface area contributed by atoms with Gasteiger partial charge in [-0.1, -0.05) is 42.5 Å². The molecule has 0 bridgehead atoms. The standard InChI is InChI=1S/C31H35BrO8/c1-34-19-38-26-17-27(36-3)30(32)31(39-20-35-2)29(26)23-15-25(40-28(33)16-23)14-11-21-9-12-24(13-10-21)37-18-22-7-5-4-6-8-22/h4-10,12-13,17,23,25H,11,14-16,18-20H2,1-3H3/t23-,25+/m1/s1. The van der Waals surface area contributed by atoms with Crippen molar-refractivity contribution in [2.24, 2.45) is 0 Å². The van der Waals surface area contributed by atoms with Gasteiger partial charge in [0.05, 0.1) is 13.5 Å². The van der Waals surface area contributed by atoms with Gasteiger partial charge in [-0.2, -0.15) is 0 Å². The topological polar surface area (TPSA) is 81.7 Å². The van der Waals surface area contributed by atoms with Crippen LogP contribution in [0.3, 0.4) is 0 Å². The van der Waals surface area contributed by atoms with Crippen molar-refractivity contribution in [3.63, 3.8) is 0 Å². The second kappa shape index (κ2) is 14.9. The van der Waals surface area contributed by atoms with Crippen LogP contribution in [0.2, 0.25) is 0 Å². The van der Waals surface area contributed by atoms with Gasteiger partial charge < -0.3 is 33.2 Å². The van der Waals surface area contributed by atoms with E-state index in [1.165, 1.54) is 0 Å². The number of carbonyl (C=O) groups is 1. The molecule has 1 heterocycles. The molecular formula is C31H35BrO8. The second-order valence-corrected chi connectivity index (χ2v) is 10.2. The summed E-state index contributed by atoms with van der Waals surface area (Å²) in [5.74, 6) is 1.93.